The van der Waals surface area contributed by atoms with E-state index in [-0.39, 0.29) is 12.6 Å². The molecule has 0 saturated heterocycles. The summed E-state index contributed by atoms with van der Waals surface area (Å²) in [6.07, 6.45) is 1.85. The van der Waals surface area contributed by atoms with Gasteiger partial charge in [-0.2, -0.15) is 0 Å². The number of unbranched alkanes of at least 4 members (excludes halogenated alkanes) is 1. The molecule has 0 aliphatic carbocycles. The van der Waals surface area contributed by atoms with Gasteiger partial charge in [-0.15, -0.1) is 0 Å². The SMILES string of the molecule is CCCCOC(=O)C(C)(C)COO. The van der Waals surface area contributed by atoms with Crippen molar-refractivity contribution in [1.29, 1.82) is 0 Å². The Bertz CT molecular complexity index is 154. The van der Waals surface area contributed by atoms with E-state index in [1.165, 1.54) is 0 Å². The molecule has 13 heavy (non-hydrogen) atoms. The highest BCUT2D eigenvalue weighted by atomic mass is 17.1. The summed E-state index contributed by atoms with van der Waals surface area (Å²) in [5, 5.41) is 8.21. The number of hydrogen-bond acceptors (Lipinski definition) is 4. The van der Waals surface area contributed by atoms with Gasteiger partial charge in [-0.05, 0) is 20.3 Å². The molecule has 0 bridgehead atoms. The molecule has 4 nitrogen and oxygen atoms in total. The Hall–Kier alpha value is -0.610. The van der Waals surface area contributed by atoms with Crippen molar-refractivity contribution in [3.63, 3.8) is 0 Å². The second kappa shape index (κ2) is 5.94. The molecular formula is C9H18O4. The van der Waals surface area contributed by atoms with E-state index in [9.17, 15) is 4.79 Å². The third kappa shape index (κ3) is 4.85. The van der Waals surface area contributed by atoms with Gasteiger partial charge in [0.25, 0.3) is 0 Å². The summed E-state index contributed by atoms with van der Waals surface area (Å²) in [5.74, 6) is -0.338. The molecule has 0 saturated carbocycles. The van der Waals surface area contributed by atoms with E-state index in [0.717, 1.165) is 12.8 Å². The summed E-state index contributed by atoms with van der Waals surface area (Å²) in [6.45, 7) is 5.74. The molecule has 0 aromatic carbocycles. The number of rotatable bonds is 6. The fourth-order valence-electron chi connectivity index (χ4n) is 0.725. The van der Waals surface area contributed by atoms with E-state index >= 15 is 0 Å². The number of esters is 1. The highest BCUT2D eigenvalue weighted by Crippen LogP contribution is 2.17. The predicted molar refractivity (Wildman–Crippen MR) is 48.2 cm³/mol. The van der Waals surface area contributed by atoms with Crippen LogP contribution in [-0.2, 0) is 14.4 Å². The van der Waals surface area contributed by atoms with E-state index in [2.05, 4.69) is 4.89 Å². The highest BCUT2D eigenvalue weighted by molar-refractivity contribution is 5.76. The molecule has 0 aliphatic heterocycles. The number of hydrogen-bond donors (Lipinski definition) is 1. The van der Waals surface area contributed by atoms with Crippen LogP contribution in [0.25, 0.3) is 0 Å². The standard InChI is InChI=1S/C9H18O4/c1-4-5-6-12-8(10)9(2,3)7-13-11/h11H,4-7H2,1-3H3. The summed E-state index contributed by atoms with van der Waals surface area (Å²) < 4.78 is 4.97. The van der Waals surface area contributed by atoms with Crippen molar-refractivity contribution in [2.75, 3.05) is 13.2 Å². The maximum atomic E-state index is 11.3. The van der Waals surface area contributed by atoms with E-state index in [4.69, 9.17) is 9.99 Å². The molecule has 1 N–H and O–H groups in total. The van der Waals surface area contributed by atoms with Crippen molar-refractivity contribution in [3.05, 3.63) is 0 Å². The van der Waals surface area contributed by atoms with Crippen LogP contribution in [0.2, 0.25) is 0 Å². The average molecular weight is 190 g/mol. The van der Waals surface area contributed by atoms with Crippen molar-refractivity contribution in [2.24, 2.45) is 5.41 Å². The highest BCUT2D eigenvalue weighted by Gasteiger charge is 2.29. The summed E-state index contributed by atoms with van der Waals surface area (Å²) in [7, 11) is 0. The molecule has 0 amide bonds. The first-order chi connectivity index (χ1) is 6.04. The second-order valence-electron chi connectivity index (χ2n) is 3.65. The molecule has 0 fully saturated rings. The van der Waals surface area contributed by atoms with Crippen LogP contribution < -0.4 is 0 Å². The van der Waals surface area contributed by atoms with E-state index in [0.29, 0.717) is 6.61 Å². The van der Waals surface area contributed by atoms with Gasteiger partial charge in [-0.3, -0.25) is 10.1 Å². The molecule has 0 aliphatic rings. The monoisotopic (exact) mass is 190 g/mol. The van der Waals surface area contributed by atoms with Crippen molar-refractivity contribution >= 4 is 5.97 Å². The summed E-state index contributed by atoms with van der Waals surface area (Å²) in [6, 6.07) is 0. The van der Waals surface area contributed by atoms with Gasteiger partial charge in [0.05, 0.1) is 18.6 Å². The molecule has 0 unspecified atom stereocenters. The average Bonchev–Trinajstić information content (AvgIpc) is 2.04. The Morgan fingerprint density at radius 3 is 2.54 bits per heavy atom. The minimum Gasteiger partial charge on any atom is -0.465 e. The Balaban J connectivity index is 3.80. The molecule has 0 aromatic rings. The Morgan fingerprint density at radius 1 is 1.46 bits per heavy atom. The number of carbonyl (C=O) groups excluding carboxylic acids is 1. The van der Waals surface area contributed by atoms with Gasteiger partial charge in [0.1, 0.15) is 0 Å². The van der Waals surface area contributed by atoms with Gasteiger partial charge in [0.15, 0.2) is 0 Å². The summed E-state index contributed by atoms with van der Waals surface area (Å²) in [5.41, 5.74) is -0.775. The molecular weight excluding hydrogens is 172 g/mol. The summed E-state index contributed by atoms with van der Waals surface area (Å²) in [4.78, 5) is 15.2. The van der Waals surface area contributed by atoms with Crippen LogP contribution in [0.15, 0.2) is 0 Å². The van der Waals surface area contributed by atoms with Gasteiger partial charge in [0, 0.05) is 0 Å². The molecule has 4 heteroatoms. The lowest BCUT2D eigenvalue weighted by atomic mass is 9.95. The minimum absolute atomic E-state index is 0.0437. The van der Waals surface area contributed by atoms with E-state index in [1.54, 1.807) is 13.8 Å². The van der Waals surface area contributed by atoms with Crippen molar-refractivity contribution in [3.8, 4) is 0 Å². The minimum atomic E-state index is -0.775. The Morgan fingerprint density at radius 2 is 2.08 bits per heavy atom. The smallest absolute Gasteiger partial charge is 0.313 e. The lowest BCUT2D eigenvalue weighted by molar-refractivity contribution is -0.260. The molecule has 0 atom stereocenters. The normalized spacial score (nSPS) is 11.4. The fourth-order valence-corrected chi connectivity index (χ4v) is 0.725. The molecule has 0 spiro atoms. The number of carbonyl (C=O) groups is 1. The molecule has 0 radical (unpaired) electrons. The maximum Gasteiger partial charge on any atom is 0.313 e. The molecule has 0 rings (SSSR count). The van der Waals surface area contributed by atoms with Crippen LogP contribution in [0.3, 0.4) is 0 Å². The first-order valence-corrected chi connectivity index (χ1v) is 4.48. The van der Waals surface area contributed by atoms with Gasteiger partial charge in [-0.1, -0.05) is 13.3 Å². The van der Waals surface area contributed by atoms with Crippen LogP contribution in [0.1, 0.15) is 33.6 Å². The van der Waals surface area contributed by atoms with Gasteiger partial charge >= 0.3 is 5.97 Å². The predicted octanol–water partition coefficient (Wildman–Crippen LogP) is 1.85. The lowest BCUT2D eigenvalue weighted by Gasteiger charge is -2.20. The van der Waals surface area contributed by atoms with Crippen LogP contribution in [0, 0.1) is 5.41 Å². The molecule has 0 heterocycles. The molecule has 0 aromatic heterocycles. The second-order valence-corrected chi connectivity index (χ2v) is 3.65. The largest absolute Gasteiger partial charge is 0.465 e. The van der Waals surface area contributed by atoms with Crippen molar-refractivity contribution in [1.82, 2.24) is 0 Å². The van der Waals surface area contributed by atoms with Crippen LogP contribution in [0.5, 0.6) is 0 Å². The van der Waals surface area contributed by atoms with Crippen molar-refractivity contribution < 1.29 is 19.7 Å². The van der Waals surface area contributed by atoms with Gasteiger partial charge in [0.2, 0.25) is 0 Å². The van der Waals surface area contributed by atoms with Crippen LogP contribution in [0.4, 0.5) is 0 Å². The zero-order valence-corrected chi connectivity index (χ0v) is 8.50. The fraction of sp³-hybridized carbons (Fsp3) is 0.889. The van der Waals surface area contributed by atoms with Crippen molar-refractivity contribution in [2.45, 2.75) is 33.6 Å². The Kier molecular flexibility index (Phi) is 5.66. The van der Waals surface area contributed by atoms with E-state index < -0.39 is 5.41 Å². The first-order valence-electron chi connectivity index (χ1n) is 4.48. The topological polar surface area (TPSA) is 55.8 Å². The first kappa shape index (κ1) is 12.4. The van der Waals surface area contributed by atoms with Gasteiger partial charge < -0.3 is 4.74 Å². The zero-order valence-electron chi connectivity index (χ0n) is 8.50. The van der Waals surface area contributed by atoms with Gasteiger partial charge in [-0.25, -0.2) is 4.89 Å². The maximum absolute atomic E-state index is 11.3. The third-order valence-corrected chi connectivity index (χ3v) is 1.71. The number of ether oxygens (including phenoxy) is 1. The van der Waals surface area contributed by atoms with Crippen LogP contribution >= 0.6 is 0 Å². The lowest BCUT2D eigenvalue weighted by Crippen LogP contribution is -2.31. The quantitative estimate of drug-likeness (QED) is 0.300. The summed E-state index contributed by atoms with van der Waals surface area (Å²) >= 11 is 0. The molecule has 78 valence electrons. The Labute approximate surface area is 78.8 Å². The van der Waals surface area contributed by atoms with Crippen LogP contribution in [-0.4, -0.2) is 24.4 Å². The van der Waals surface area contributed by atoms with E-state index in [1.807, 2.05) is 6.92 Å². The third-order valence-electron chi connectivity index (χ3n) is 1.71. The zero-order chi connectivity index (χ0) is 10.3.